The Morgan fingerprint density at radius 1 is 1.33 bits per heavy atom. The van der Waals surface area contributed by atoms with Crippen molar-refractivity contribution >= 4 is 5.91 Å². The van der Waals surface area contributed by atoms with Gasteiger partial charge in [-0.25, -0.2) is 8.78 Å². The van der Waals surface area contributed by atoms with E-state index in [0.29, 0.717) is 32.6 Å². The molecule has 1 aromatic carbocycles. The largest absolute Gasteiger partial charge is 0.508 e. The number of rotatable bonds is 5. The predicted molar refractivity (Wildman–Crippen MR) is 99.8 cm³/mol. The van der Waals surface area contributed by atoms with Gasteiger partial charge in [0.15, 0.2) is 0 Å². The maximum Gasteiger partial charge on any atom is 0.250 e. The van der Waals surface area contributed by atoms with E-state index >= 15 is 0 Å². The van der Waals surface area contributed by atoms with Gasteiger partial charge >= 0.3 is 0 Å². The van der Waals surface area contributed by atoms with Crippen LogP contribution in [0.1, 0.15) is 37.8 Å². The van der Waals surface area contributed by atoms with Crippen LogP contribution in [-0.4, -0.2) is 53.6 Å². The van der Waals surface area contributed by atoms with E-state index in [9.17, 15) is 18.7 Å². The van der Waals surface area contributed by atoms with Gasteiger partial charge in [0.05, 0.1) is 6.04 Å². The van der Waals surface area contributed by atoms with Crippen LogP contribution in [-0.2, 0) is 17.8 Å². The molecule has 0 bridgehead atoms. The fourth-order valence-corrected chi connectivity index (χ4v) is 3.73. The Bertz CT molecular complexity index is 671. The third kappa shape index (κ3) is 5.17. The van der Waals surface area contributed by atoms with Crippen LogP contribution in [0.3, 0.4) is 0 Å². The molecule has 150 valence electrons. The molecule has 0 aliphatic carbocycles. The van der Waals surface area contributed by atoms with Crippen LogP contribution >= 0.6 is 0 Å². The Morgan fingerprint density at radius 2 is 2.04 bits per heavy atom. The van der Waals surface area contributed by atoms with E-state index in [0.717, 1.165) is 11.1 Å². The number of nitrogens with zero attached hydrogens (tertiary/aromatic N) is 1. The summed E-state index contributed by atoms with van der Waals surface area (Å²) in [4.78, 5) is 14.8. The molecular formula is C20H29F2N3O2. The molecule has 2 aliphatic heterocycles. The van der Waals surface area contributed by atoms with Crippen LogP contribution in [0.25, 0.3) is 0 Å². The third-order valence-electron chi connectivity index (χ3n) is 5.64. The van der Waals surface area contributed by atoms with Gasteiger partial charge in [-0.1, -0.05) is 19.9 Å². The molecule has 27 heavy (non-hydrogen) atoms. The Balaban J connectivity index is 1.57. The molecule has 2 heterocycles. The summed E-state index contributed by atoms with van der Waals surface area (Å²) in [6.45, 7) is 5.94. The van der Waals surface area contributed by atoms with Crippen molar-refractivity contribution in [3.63, 3.8) is 0 Å². The fraction of sp³-hybridized carbons (Fsp3) is 0.650. The van der Waals surface area contributed by atoms with Crippen molar-refractivity contribution in [3.05, 3.63) is 29.3 Å². The molecule has 1 fully saturated rings. The average molecular weight is 381 g/mol. The number of phenolic OH excluding ortho intramolecular Hbond substituents is 1. The number of hydrogen-bond donors (Lipinski definition) is 3. The minimum absolute atomic E-state index is 0.0604. The summed E-state index contributed by atoms with van der Waals surface area (Å²) < 4.78 is 26.7. The lowest BCUT2D eigenvalue weighted by atomic mass is 9.94. The number of likely N-dealkylation sites (tertiary alicyclic amines) is 1. The van der Waals surface area contributed by atoms with Gasteiger partial charge in [-0.05, 0) is 35.6 Å². The Hall–Kier alpha value is -1.73. The number of carbonyl (C=O) groups excluding carboxylic acids is 1. The first-order chi connectivity index (χ1) is 12.7. The van der Waals surface area contributed by atoms with Gasteiger partial charge in [-0.3, -0.25) is 4.79 Å². The molecule has 0 saturated carbocycles. The molecule has 0 unspecified atom stereocenters. The highest BCUT2D eigenvalue weighted by atomic mass is 19.3. The van der Waals surface area contributed by atoms with Crippen LogP contribution in [0.2, 0.25) is 0 Å². The summed E-state index contributed by atoms with van der Waals surface area (Å²) >= 11 is 0. The number of phenols is 1. The summed E-state index contributed by atoms with van der Waals surface area (Å²) in [6.07, 6.45) is 0.349. The molecule has 7 heteroatoms. The van der Waals surface area contributed by atoms with Gasteiger partial charge in [0.25, 0.3) is 5.92 Å². The third-order valence-corrected chi connectivity index (χ3v) is 5.64. The van der Waals surface area contributed by atoms with Crippen molar-refractivity contribution in [2.75, 3.05) is 19.6 Å². The van der Waals surface area contributed by atoms with E-state index in [4.69, 9.17) is 0 Å². The minimum Gasteiger partial charge on any atom is -0.508 e. The Kier molecular flexibility index (Phi) is 6.01. The van der Waals surface area contributed by atoms with Gasteiger partial charge < -0.3 is 20.6 Å². The molecule has 5 nitrogen and oxygen atoms in total. The highest BCUT2D eigenvalue weighted by molar-refractivity contribution is 5.82. The van der Waals surface area contributed by atoms with Crippen LogP contribution in [0, 0.1) is 5.92 Å². The van der Waals surface area contributed by atoms with Crippen LogP contribution < -0.4 is 10.6 Å². The highest BCUT2D eigenvalue weighted by Crippen LogP contribution is 2.28. The fourth-order valence-electron chi connectivity index (χ4n) is 3.73. The molecule has 3 N–H and O–H groups in total. The lowest BCUT2D eigenvalue weighted by molar-refractivity contribution is -0.124. The second kappa shape index (κ2) is 8.10. The molecule has 1 amide bonds. The maximum absolute atomic E-state index is 13.4. The normalized spacial score (nSPS) is 23.7. The first-order valence-corrected chi connectivity index (χ1v) is 9.68. The second-order valence-electron chi connectivity index (χ2n) is 8.11. The van der Waals surface area contributed by atoms with Crippen molar-refractivity contribution < 1.29 is 18.7 Å². The number of fused-ring (bicyclic) bond motifs is 1. The quantitative estimate of drug-likeness (QED) is 0.732. The van der Waals surface area contributed by atoms with E-state index in [1.54, 1.807) is 12.1 Å². The monoisotopic (exact) mass is 381 g/mol. The van der Waals surface area contributed by atoms with E-state index in [1.165, 1.54) is 0 Å². The molecule has 1 aromatic rings. The number of halogens is 2. The molecule has 2 aliphatic rings. The molecule has 0 radical (unpaired) electrons. The Labute approximate surface area is 159 Å². The van der Waals surface area contributed by atoms with Gasteiger partial charge in [-0.15, -0.1) is 0 Å². The number of hydrogen-bond acceptors (Lipinski definition) is 4. The first kappa shape index (κ1) is 20.0. The summed E-state index contributed by atoms with van der Waals surface area (Å²) in [6, 6.07) is 4.82. The molecule has 2 atom stereocenters. The average Bonchev–Trinajstić information content (AvgIpc) is 2.62. The lowest BCUT2D eigenvalue weighted by Gasteiger charge is -2.36. The van der Waals surface area contributed by atoms with E-state index in [1.807, 2.05) is 24.8 Å². The smallest absolute Gasteiger partial charge is 0.250 e. The number of aromatic hydroxyl groups is 1. The van der Waals surface area contributed by atoms with Crippen molar-refractivity contribution in [1.82, 2.24) is 15.5 Å². The standard InChI is InChI=1S/C20H29F2N3O2/c1-13(2)18(12-25-7-5-20(21,22)6-8-25)24-19(27)17-10-14-3-4-16(26)9-15(14)11-23-17/h3-4,9,13,17-18,23,26H,5-8,10-12H2,1-2H3,(H,24,27)/t17-,18-/m1/s1. The number of alkyl halides is 2. The molecular weight excluding hydrogens is 352 g/mol. The van der Waals surface area contributed by atoms with Crippen LogP contribution in [0.4, 0.5) is 8.78 Å². The summed E-state index contributed by atoms with van der Waals surface area (Å²) in [5.41, 5.74) is 2.07. The maximum atomic E-state index is 13.4. The zero-order valence-corrected chi connectivity index (χ0v) is 16.0. The highest BCUT2D eigenvalue weighted by Gasteiger charge is 2.35. The number of amides is 1. The van der Waals surface area contributed by atoms with Crippen molar-refractivity contribution in [2.24, 2.45) is 5.92 Å². The summed E-state index contributed by atoms with van der Waals surface area (Å²) in [7, 11) is 0. The summed E-state index contributed by atoms with van der Waals surface area (Å²) in [5, 5.41) is 15.9. The topological polar surface area (TPSA) is 64.6 Å². The van der Waals surface area contributed by atoms with E-state index in [2.05, 4.69) is 10.6 Å². The summed E-state index contributed by atoms with van der Waals surface area (Å²) in [5.74, 6) is -2.18. The number of piperidine rings is 1. The zero-order chi connectivity index (χ0) is 19.6. The molecule has 0 spiro atoms. The number of carbonyl (C=O) groups is 1. The van der Waals surface area contributed by atoms with Crippen LogP contribution in [0.15, 0.2) is 18.2 Å². The van der Waals surface area contributed by atoms with Crippen LogP contribution in [0.5, 0.6) is 5.75 Å². The van der Waals surface area contributed by atoms with Gasteiger partial charge in [0.1, 0.15) is 5.75 Å². The van der Waals surface area contributed by atoms with Gasteiger partial charge in [-0.2, -0.15) is 0 Å². The molecule has 1 saturated heterocycles. The SMILES string of the molecule is CC(C)[C@@H](CN1CCC(F)(F)CC1)NC(=O)[C@H]1Cc2ccc(O)cc2CN1. The molecule has 0 aromatic heterocycles. The predicted octanol–water partition coefficient (Wildman–Crippen LogP) is 2.28. The van der Waals surface area contributed by atoms with E-state index < -0.39 is 5.92 Å². The van der Waals surface area contributed by atoms with Crippen molar-refractivity contribution in [3.8, 4) is 5.75 Å². The molecule has 3 rings (SSSR count). The Morgan fingerprint density at radius 3 is 2.70 bits per heavy atom. The number of nitrogens with one attached hydrogen (secondary N) is 2. The van der Waals surface area contributed by atoms with Crippen molar-refractivity contribution in [2.45, 2.75) is 57.7 Å². The van der Waals surface area contributed by atoms with Gasteiger partial charge in [0.2, 0.25) is 5.91 Å². The van der Waals surface area contributed by atoms with Crippen molar-refractivity contribution in [1.29, 1.82) is 0 Å². The zero-order valence-electron chi connectivity index (χ0n) is 16.0. The van der Waals surface area contributed by atoms with Gasteiger partial charge in [0, 0.05) is 45.1 Å². The minimum atomic E-state index is -2.55. The number of benzene rings is 1. The second-order valence-corrected chi connectivity index (χ2v) is 8.11. The first-order valence-electron chi connectivity index (χ1n) is 9.68. The lowest BCUT2D eigenvalue weighted by Crippen LogP contribution is -2.55. The van der Waals surface area contributed by atoms with E-state index in [-0.39, 0.29) is 42.5 Å².